The van der Waals surface area contributed by atoms with Crippen molar-refractivity contribution in [2.24, 2.45) is 0 Å². The Balaban J connectivity index is 0.000000200. The van der Waals surface area contributed by atoms with E-state index < -0.39 is 0 Å². The number of rotatable bonds is 0. The summed E-state index contributed by atoms with van der Waals surface area (Å²) in [6.45, 7) is 11.2. The lowest BCUT2D eigenvalue weighted by Crippen LogP contribution is -1.87. The Morgan fingerprint density at radius 3 is 1.10 bits per heavy atom. The Hall–Kier alpha value is -1.70. The highest BCUT2D eigenvalue weighted by atomic mass is 19.1. The Morgan fingerprint density at radius 2 is 0.850 bits per heavy atom. The zero-order valence-electron chi connectivity index (χ0n) is 13.1. The molecule has 0 aliphatic carbocycles. The van der Waals surface area contributed by atoms with E-state index in [1.54, 1.807) is 26.0 Å². The van der Waals surface area contributed by atoms with Crippen molar-refractivity contribution in [2.75, 3.05) is 0 Å². The van der Waals surface area contributed by atoms with E-state index in [1.807, 2.05) is 39.8 Å². The molecular weight excluding hydrogens is 254 g/mol. The fraction of sp³-hybridized carbons (Fsp3) is 0.333. The van der Waals surface area contributed by atoms with Gasteiger partial charge in [-0.1, -0.05) is 12.1 Å². The van der Waals surface area contributed by atoms with Crippen molar-refractivity contribution < 1.29 is 8.78 Å². The first-order valence-corrected chi connectivity index (χ1v) is 6.69. The predicted octanol–water partition coefficient (Wildman–Crippen LogP) is 5.50. The summed E-state index contributed by atoms with van der Waals surface area (Å²) in [5, 5.41) is 0. The van der Waals surface area contributed by atoms with E-state index in [1.165, 1.54) is 0 Å². The molecule has 0 fully saturated rings. The first-order valence-electron chi connectivity index (χ1n) is 6.69. The second-order valence-corrected chi connectivity index (χ2v) is 5.38. The van der Waals surface area contributed by atoms with Gasteiger partial charge in [-0.25, -0.2) is 8.78 Å². The molecule has 0 bridgehead atoms. The van der Waals surface area contributed by atoms with E-state index in [2.05, 4.69) is 0 Å². The maximum atomic E-state index is 12.8. The zero-order valence-corrected chi connectivity index (χ0v) is 13.1. The number of halogens is 2. The van der Waals surface area contributed by atoms with Crippen molar-refractivity contribution in [3.8, 4) is 0 Å². The second-order valence-electron chi connectivity index (χ2n) is 5.38. The normalized spacial score (nSPS) is 10.0. The SMILES string of the molecule is Cc1cc(C)c(C)c(F)c1.Cc1cc(C)c(C)c(F)c1. The van der Waals surface area contributed by atoms with E-state index in [-0.39, 0.29) is 11.6 Å². The fourth-order valence-electron chi connectivity index (χ4n) is 1.98. The van der Waals surface area contributed by atoms with Crippen molar-refractivity contribution in [3.63, 3.8) is 0 Å². The molecule has 2 heteroatoms. The summed E-state index contributed by atoms with van der Waals surface area (Å²) in [6, 6.07) is 7.08. The zero-order chi connectivity index (χ0) is 15.4. The number of aryl methyl sites for hydroxylation is 4. The first-order chi connectivity index (χ1) is 9.22. The predicted molar refractivity (Wildman–Crippen MR) is 81.2 cm³/mol. The molecule has 0 nitrogen and oxygen atoms in total. The molecule has 20 heavy (non-hydrogen) atoms. The van der Waals surface area contributed by atoms with Crippen molar-refractivity contribution in [3.05, 3.63) is 69.3 Å². The molecule has 0 saturated heterocycles. The van der Waals surface area contributed by atoms with Gasteiger partial charge in [0.05, 0.1) is 0 Å². The molecule has 0 atom stereocenters. The summed E-state index contributed by atoms with van der Waals surface area (Å²) in [4.78, 5) is 0. The summed E-state index contributed by atoms with van der Waals surface area (Å²) in [7, 11) is 0. The van der Waals surface area contributed by atoms with Crippen LogP contribution in [0, 0.1) is 53.2 Å². The first kappa shape index (κ1) is 16.4. The molecule has 0 aliphatic rings. The minimum Gasteiger partial charge on any atom is -0.207 e. The summed E-state index contributed by atoms with van der Waals surface area (Å²) in [5.74, 6) is -0.199. The Kier molecular flexibility index (Phi) is 5.43. The largest absolute Gasteiger partial charge is 0.207 e. The molecule has 0 aromatic heterocycles. The van der Waals surface area contributed by atoms with Gasteiger partial charge in [-0.2, -0.15) is 0 Å². The average molecular weight is 276 g/mol. The van der Waals surface area contributed by atoms with Gasteiger partial charge >= 0.3 is 0 Å². The molecule has 2 rings (SSSR count). The molecule has 0 amide bonds. The summed E-state index contributed by atoms with van der Waals surface area (Å²) >= 11 is 0. The minimum absolute atomic E-state index is 0.0995. The average Bonchev–Trinajstić information content (AvgIpc) is 2.33. The lowest BCUT2D eigenvalue weighted by Gasteiger charge is -2.01. The standard InChI is InChI=1S/2C9H11F/c2*1-6-4-7(2)8(3)9(10)5-6/h2*4-5H,1-3H3. The molecule has 0 spiro atoms. The lowest BCUT2D eigenvalue weighted by molar-refractivity contribution is 0.615. The van der Waals surface area contributed by atoms with Crippen LogP contribution in [-0.4, -0.2) is 0 Å². The highest BCUT2D eigenvalue weighted by Gasteiger charge is 2.00. The van der Waals surface area contributed by atoms with Gasteiger partial charge in [0, 0.05) is 0 Å². The third-order valence-electron chi connectivity index (χ3n) is 3.50. The van der Waals surface area contributed by atoms with Crippen molar-refractivity contribution in [1.82, 2.24) is 0 Å². The molecule has 0 N–H and O–H groups in total. The molecule has 0 saturated carbocycles. The minimum atomic E-state index is -0.0995. The van der Waals surface area contributed by atoms with Gasteiger partial charge in [0.25, 0.3) is 0 Å². The molecule has 108 valence electrons. The topological polar surface area (TPSA) is 0 Å². The van der Waals surface area contributed by atoms with Crippen LogP contribution in [0.4, 0.5) is 8.78 Å². The van der Waals surface area contributed by atoms with Gasteiger partial charge in [0.1, 0.15) is 11.6 Å². The molecular formula is C18H22F2. The number of hydrogen-bond donors (Lipinski definition) is 0. The van der Waals surface area contributed by atoms with Crippen LogP contribution in [0.5, 0.6) is 0 Å². The van der Waals surface area contributed by atoms with Crippen LogP contribution in [0.25, 0.3) is 0 Å². The Labute approximate surface area is 120 Å². The summed E-state index contributed by atoms with van der Waals surface area (Å²) in [5.41, 5.74) is 5.53. The Morgan fingerprint density at radius 1 is 0.550 bits per heavy atom. The van der Waals surface area contributed by atoms with Gasteiger partial charge in [0.15, 0.2) is 0 Å². The molecule has 2 aromatic rings. The van der Waals surface area contributed by atoms with Crippen molar-refractivity contribution in [1.29, 1.82) is 0 Å². The van der Waals surface area contributed by atoms with Gasteiger partial charge in [0.2, 0.25) is 0 Å². The highest BCUT2D eigenvalue weighted by Crippen LogP contribution is 2.14. The third-order valence-corrected chi connectivity index (χ3v) is 3.50. The highest BCUT2D eigenvalue weighted by molar-refractivity contribution is 5.31. The van der Waals surface area contributed by atoms with Crippen LogP contribution in [0.15, 0.2) is 24.3 Å². The molecule has 0 unspecified atom stereocenters. The van der Waals surface area contributed by atoms with Gasteiger partial charge in [-0.05, 0) is 87.1 Å². The maximum Gasteiger partial charge on any atom is 0.126 e. The van der Waals surface area contributed by atoms with Crippen LogP contribution >= 0.6 is 0 Å². The van der Waals surface area contributed by atoms with Crippen LogP contribution in [-0.2, 0) is 0 Å². The lowest BCUT2D eigenvalue weighted by atomic mass is 10.1. The van der Waals surface area contributed by atoms with Gasteiger partial charge < -0.3 is 0 Å². The van der Waals surface area contributed by atoms with E-state index in [4.69, 9.17) is 0 Å². The molecule has 0 aliphatic heterocycles. The smallest absolute Gasteiger partial charge is 0.126 e. The second kappa shape index (κ2) is 6.65. The van der Waals surface area contributed by atoms with E-state index in [9.17, 15) is 8.78 Å². The quantitative estimate of drug-likeness (QED) is 0.596. The number of benzene rings is 2. The van der Waals surface area contributed by atoms with Crippen LogP contribution in [0.3, 0.4) is 0 Å². The van der Waals surface area contributed by atoms with Crippen molar-refractivity contribution >= 4 is 0 Å². The summed E-state index contributed by atoms with van der Waals surface area (Å²) < 4.78 is 25.7. The molecule has 0 heterocycles. The molecule has 0 radical (unpaired) electrons. The monoisotopic (exact) mass is 276 g/mol. The Bertz CT molecular complexity index is 511. The van der Waals surface area contributed by atoms with Crippen molar-refractivity contribution in [2.45, 2.75) is 41.5 Å². The van der Waals surface area contributed by atoms with Gasteiger partial charge in [-0.15, -0.1) is 0 Å². The van der Waals surface area contributed by atoms with E-state index in [0.29, 0.717) is 0 Å². The maximum absolute atomic E-state index is 12.8. The molecule has 2 aromatic carbocycles. The van der Waals surface area contributed by atoms with Crippen LogP contribution in [0.2, 0.25) is 0 Å². The number of hydrogen-bond acceptors (Lipinski definition) is 0. The van der Waals surface area contributed by atoms with E-state index in [0.717, 1.165) is 33.4 Å². The van der Waals surface area contributed by atoms with Crippen LogP contribution in [0.1, 0.15) is 33.4 Å². The third kappa shape index (κ3) is 4.16. The van der Waals surface area contributed by atoms with E-state index >= 15 is 0 Å². The fourth-order valence-corrected chi connectivity index (χ4v) is 1.98. The summed E-state index contributed by atoms with van der Waals surface area (Å²) in [6.07, 6.45) is 0. The van der Waals surface area contributed by atoms with Crippen LogP contribution < -0.4 is 0 Å². The van der Waals surface area contributed by atoms with Gasteiger partial charge in [-0.3, -0.25) is 0 Å².